The first-order valence-electron chi connectivity index (χ1n) is 9.19. The molecular formula is C21H28N2. The van der Waals surface area contributed by atoms with Crippen molar-refractivity contribution >= 4 is 0 Å². The Morgan fingerprint density at radius 2 is 1.43 bits per heavy atom. The van der Waals surface area contributed by atoms with Crippen LogP contribution in [0.2, 0.25) is 0 Å². The average Bonchev–Trinajstić information content (AvgIpc) is 2.63. The minimum atomic E-state index is 0.553. The van der Waals surface area contributed by atoms with Gasteiger partial charge in [0, 0.05) is 18.3 Å². The minimum Gasteiger partial charge on any atom is -0.241 e. The lowest BCUT2D eigenvalue weighted by molar-refractivity contribution is 0.385. The van der Waals surface area contributed by atoms with E-state index in [1.807, 2.05) is 12.4 Å². The van der Waals surface area contributed by atoms with Crippen LogP contribution < -0.4 is 0 Å². The second-order valence-electron chi connectivity index (χ2n) is 6.84. The lowest BCUT2D eigenvalue weighted by atomic mass is 9.78. The molecule has 0 atom stereocenters. The standard InChI is InChI=1S/C21H28N2/c1-3-5-17-14-22-21(23-15-17)20-12-10-19(11-13-20)18-8-6-16(4-2)7-9-18/h6-9,14-15,19-20H,3-5,10-13H2,1-2H3. The van der Waals surface area contributed by atoms with Crippen molar-refractivity contribution in [2.45, 2.75) is 70.6 Å². The van der Waals surface area contributed by atoms with Gasteiger partial charge in [0.25, 0.3) is 0 Å². The zero-order chi connectivity index (χ0) is 16.1. The molecule has 3 rings (SSSR count). The van der Waals surface area contributed by atoms with Crippen LogP contribution in [0.4, 0.5) is 0 Å². The van der Waals surface area contributed by atoms with Crippen LogP contribution in [0.3, 0.4) is 0 Å². The molecule has 2 heteroatoms. The van der Waals surface area contributed by atoms with Crippen LogP contribution in [0.15, 0.2) is 36.7 Å². The molecule has 1 fully saturated rings. The number of hydrogen-bond acceptors (Lipinski definition) is 2. The van der Waals surface area contributed by atoms with E-state index in [9.17, 15) is 0 Å². The number of benzene rings is 1. The Bertz CT molecular complexity index is 593. The molecule has 0 N–H and O–H groups in total. The molecule has 2 nitrogen and oxygen atoms in total. The van der Waals surface area contributed by atoms with Crippen LogP contribution >= 0.6 is 0 Å². The summed E-state index contributed by atoms with van der Waals surface area (Å²) in [6.07, 6.45) is 12.4. The molecule has 2 aromatic rings. The van der Waals surface area contributed by atoms with Crippen LogP contribution in [0.25, 0.3) is 0 Å². The van der Waals surface area contributed by atoms with Crippen LogP contribution in [0.5, 0.6) is 0 Å². The molecule has 0 aliphatic heterocycles. The summed E-state index contributed by atoms with van der Waals surface area (Å²) >= 11 is 0. The summed E-state index contributed by atoms with van der Waals surface area (Å²) in [5.41, 5.74) is 4.21. The molecule has 122 valence electrons. The Kier molecular flexibility index (Phi) is 5.43. The topological polar surface area (TPSA) is 25.8 Å². The van der Waals surface area contributed by atoms with Crippen molar-refractivity contribution in [1.29, 1.82) is 0 Å². The van der Waals surface area contributed by atoms with Gasteiger partial charge in [0.05, 0.1) is 0 Å². The zero-order valence-electron chi connectivity index (χ0n) is 14.5. The monoisotopic (exact) mass is 308 g/mol. The Morgan fingerprint density at radius 3 is 2.00 bits per heavy atom. The molecule has 0 saturated heterocycles. The van der Waals surface area contributed by atoms with Gasteiger partial charge in [-0.3, -0.25) is 0 Å². The van der Waals surface area contributed by atoms with Gasteiger partial charge in [0.15, 0.2) is 0 Å². The van der Waals surface area contributed by atoms with Gasteiger partial charge in [-0.25, -0.2) is 9.97 Å². The van der Waals surface area contributed by atoms with Crippen molar-refractivity contribution in [1.82, 2.24) is 9.97 Å². The number of nitrogens with zero attached hydrogens (tertiary/aromatic N) is 2. The first-order valence-corrected chi connectivity index (χ1v) is 9.19. The van der Waals surface area contributed by atoms with Crippen molar-refractivity contribution in [2.75, 3.05) is 0 Å². The highest BCUT2D eigenvalue weighted by atomic mass is 14.9. The molecule has 1 aliphatic rings. The first kappa shape index (κ1) is 16.2. The number of hydrogen-bond donors (Lipinski definition) is 0. The Hall–Kier alpha value is -1.70. The van der Waals surface area contributed by atoms with Crippen LogP contribution in [-0.2, 0) is 12.8 Å². The molecule has 0 spiro atoms. The molecule has 1 aromatic heterocycles. The maximum atomic E-state index is 4.63. The van der Waals surface area contributed by atoms with E-state index < -0.39 is 0 Å². The Morgan fingerprint density at radius 1 is 0.826 bits per heavy atom. The van der Waals surface area contributed by atoms with Gasteiger partial charge in [-0.2, -0.15) is 0 Å². The summed E-state index contributed by atoms with van der Waals surface area (Å²) in [6.45, 7) is 4.41. The van der Waals surface area contributed by atoms with E-state index >= 15 is 0 Å². The van der Waals surface area contributed by atoms with Crippen molar-refractivity contribution in [2.24, 2.45) is 0 Å². The van der Waals surface area contributed by atoms with Gasteiger partial charge in [-0.05, 0) is 61.1 Å². The van der Waals surface area contributed by atoms with E-state index in [4.69, 9.17) is 0 Å². The van der Waals surface area contributed by atoms with E-state index in [-0.39, 0.29) is 0 Å². The van der Waals surface area contributed by atoms with Crippen molar-refractivity contribution in [3.05, 3.63) is 59.2 Å². The lowest BCUT2D eigenvalue weighted by Crippen LogP contribution is -2.14. The highest BCUT2D eigenvalue weighted by molar-refractivity contribution is 5.26. The molecule has 1 saturated carbocycles. The molecule has 0 unspecified atom stereocenters. The second kappa shape index (κ2) is 7.72. The summed E-state index contributed by atoms with van der Waals surface area (Å²) in [4.78, 5) is 9.26. The third-order valence-electron chi connectivity index (χ3n) is 5.22. The van der Waals surface area contributed by atoms with Gasteiger partial charge >= 0.3 is 0 Å². The van der Waals surface area contributed by atoms with Gasteiger partial charge in [-0.1, -0.05) is 44.5 Å². The number of aryl methyl sites for hydroxylation is 2. The van der Waals surface area contributed by atoms with E-state index in [0.29, 0.717) is 5.92 Å². The van der Waals surface area contributed by atoms with Gasteiger partial charge in [0.2, 0.25) is 0 Å². The normalized spacial score (nSPS) is 21.3. The van der Waals surface area contributed by atoms with Crippen LogP contribution in [-0.4, -0.2) is 9.97 Å². The highest BCUT2D eigenvalue weighted by Crippen LogP contribution is 2.39. The maximum Gasteiger partial charge on any atom is 0.131 e. The number of rotatable bonds is 5. The fourth-order valence-electron chi connectivity index (χ4n) is 3.70. The van der Waals surface area contributed by atoms with Gasteiger partial charge in [-0.15, -0.1) is 0 Å². The molecule has 1 aliphatic carbocycles. The third kappa shape index (κ3) is 3.99. The summed E-state index contributed by atoms with van der Waals surface area (Å²) in [7, 11) is 0. The van der Waals surface area contributed by atoms with Crippen LogP contribution in [0.1, 0.15) is 80.3 Å². The average molecular weight is 308 g/mol. The fourth-order valence-corrected chi connectivity index (χ4v) is 3.70. The van der Waals surface area contributed by atoms with E-state index in [0.717, 1.165) is 31.0 Å². The largest absolute Gasteiger partial charge is 0.241 e. The first-order chi connectivity index (χ1) is 11.3. The van der Waals surface area contributed by atoms with Gasteiger partial charge < -0.3 is 0 Å². The molecule has 0 radical (unpaired) electrons. The Labute approximate surface area is 140 Å². The predicted octanol–water partition coefficient (Wildman–Crippen LogP) is 5.43. The van der Waals surface area contributed by atoms with E-state index in [1.54, 1.807) is 0 Å². The summed E-state index contributed by atoms with van der Waals surface area (Å²) in [6, 6.07) is 9.24. The Balaban J connectivity index is 1.59. The van der Waals surface area contributed by atoms with E-state index in [1.165, 1.54) is 42.4 Å². The molecule has 1 heterocycles. The SMILES string of the molecule is CCCc1cnc(C2CCC(c3ccc(CC)cc3)CC2)nc1. The fraction of sp³-hybridized carbons (Fsp3) is 0.524. The van der Waals surface area contributed by atoms with E-state index in [2.05, 4.69) is 48.1 Å². The number of aromatic nitrogens is 2. The third-order valence-corrected chi connectivity index (χ3v) is 5.22. The molecule has 0 amide bonds. The maximum absolute atomic E-state index is 4.63. The van der Waals surface area contributed by atoms with Crippen molar-refractivity contribution in [3.8, 4) is 0 Å². The smallest absolute Gasteiger partial charge is 0.131 e. The molecule has 23 heavy (non-hydrogen) atoms. The minimum absolute atomic E-state index is 0.553. The summed E-state index contributed by atoms with van der Waals surface area (Å²) in [5, 5.41) is 0. The summed E-state index contributed by atoms with van der Waals surface area (Å²) < 4.78 is 0. The van der Waals surface area contributed by atoms with Gasteiger partial charge in [0.1, 0.15) is 5.82 Å². The van der Waals surface area contributed by atoms with Crippen LogP contribution in [0, 0.1) is 0 Å². The quantitative estimate of drug-likeness (QED) is 0.735. The zero-order valence-corrected chi connectivity index (χ0v) is 14.5. The predicted molar refractivity (Wildman–Crippen MR) is 95.8 cm³/mol. The second-order valence-corrected chi connectivity index (χ2v) is 6.84. The lowest BCUT2D eigenvalue weighted by Gasteiger charge is -2.28. The molecular weight excluding hydrogens is 280 g/mol. The van der Waals surface area contributed by atoms with Crippen molar-refractivity contribution in [3.63, 3.8) is 0 Å². The van der Waals surface area contributed by atoms with Crippen molar-refractivity contribution < 1.29 is 0 Å². The summed E-state index contributed by atoms with van der Waals surface area (Å²) in [5.74, 6) is 2.33. The molecule has 1 aromatic carbocycles. The highest BCUT2D eigenvalue weighted by Gasteiger charge is 2.25. The molecule has 0 bridgehead atoms.